The Morgan fingerprint density at radius 2 is 1.76 bits per heavy atom. The monoisotopic (exact) mass is 233 g/mol. The minimum absolute atomic E-state index is 0.578. The lowest BCUT2D eigenvalue weighted by Crippen LogP contribution is -2.38. The number of rotatable bonds is 3. The highest BCUT2D eigenvalue weighted by molar-refractivity contribution is 6.59. The van der Waals surface area contributed by atoms with Gasteiger partial charge in [-0.2, -0.15) is 0 Å². The lowest BCUT2D eigenvalue weighted by molar-refractivity contribution is 0.205. The number of nitrogens with zero attached hydrogens (tertiary/aromatic N) is 1. The van der Waals surface area contributed by atoms with Crippen molar-refractivity contribution in [3.05, 3.63) is 29.8 Å². The molecule has 3 nitrogen and oxygen atoms in total. The normalized spacial score (nSPS) is 25.2. The van der Waals surface area contributed by atoms with Crippen LogP contribution in [0.3, 0.4) is 0 Å². The van der Waals surface area contributed by atoms with E-state index in [2.05, 4.69) is 18.7 Å². The Morgan fingerprint density at radius 1 is 1.18 bits per heavy atom. The van der Waals surface area contributed by atoms with Crippen LogP contribution in [0.2, 0.25) is 0 Å². The highest BCUT2D eigenvalue weighted by atomic mass is 16.4. The largest absolute Gasteiger partial charge is 0.488 e. The number of hydrogen-bond donors (Lipinski definition) is 2. The van der Waals surface area contributed by atoms with E-state index in [9.17, 15) is 10.0 Å². The fourth-order valence-electron chi connectivity index (χ4n) is 2.69. The Balaban J connectivity index is 2.18. The molecule has 1 aliphatic heterocycles. The minimum Gasteiger partial charge on any atom is -0.423 e. The average molecular weight is 233 g/mol. The van der Waals surface area contributed by atoms with Crippen molar-refractivity contribution in [2.45, 2.75) is 45.3 Å². The van der Waals surface area contributed by atoms with E-state index < -0.39 is 7.12 Å². The smallest absolute Gasteiger partial charge is 0.423 e. The Bertz CT molecular complexity index is 373. The Morgan fingerprint density at radius 3 is 2.35 bits per heavy atom. The summed E-state index contributed by atoms with van der Waals surface area (Å²) in [6, 6.07) is 8.71. The standard InChI is InChI=1S/C13H20BNO2/c1-10-7-8-11(2)15(10)9-12-5-3-4-6-13(12)14(16)17/h3-6,10-11,16-17H,7-9H2,1-2H3/t10-,11-/m1/s1. The van der Waals surface area contributed by atoms with Crippen molar-refractivity contribution in [2.24, 2.45) is 0 Å². The molecular formula is C13H20BNO2. The highest BCUT2D eigenvalue weighted by Crippen LogP contribution is 2.25. The maximum Gasteiger partial charge on any atom is 0.488 e. The van der Waals surface area contributed by atoms with Crippen LogP contribution in [0.4, 0.5) is 0 Å². The van der Waals surface area contributed by atoms with Crippen molar-refractivity contribution in [3.8, 4) is 0 Å². The second kappa shape index (κ2) is 5.21. The van der Waals surface area contributed by atoms with Gasteiger partial charge >= 0.3 is 7.12 Å². The van der Waals surface area contributed by atoms with Gasteiger partial charge in [0.05, 0.1) is 0 Å². The Kier molecular flexibility index (Phi) is 3.87. The van der Waals surface area contributed by atoms with Crippen molar-refractivity contribution in [3.63, 3.8) is 0 Å². The highest BCUT2D eigenvalue weighted by Gasteiger charge is 2.28. The van der Waals surface area contributed by atoms with Gasteiger partial charge in [-0.1, -0.05) is 24.3 Å². The quantitative estimate of drug-likeness (QED) is 0.757. The first-order valence-corrected chi connectivity index (χ1v) is 6.29. The van der Waals surface area contributed by atoms with Gasteiger partial charge in [0.25, 0.3) is 0 Å². The lowest BCUT2D eigenvalue weighted by Gasteiger charge is -2.27. The summed E-state index contributed by atoms with van der Waals surface area (Å²) in [4.78, 5) is 2.43. The van der Waals surface area contributed by atoms with Crippen molar-refractivity contribution in [2.75, 3.05) is 0 Å². The average Bonchev–Trinajstić information content (AvgIpc) is 2.61. The molecule has 92 valence electrons. The third-order valence-corrected chi connectivity index (χ3v) is 3.82. The summed E-state index contributed by atoms with van der Waals surface area (Å²) in [5, 5.41) is 18.7. The zero-order chi connectivity index (χ0) is 12.4. The summed E-state index contributed by atoms with van der Waals surface area (Å²) < 4.78 is 0. The molecule has 0 unspecified atom stereocenters. The zero-order valence-electron chi connectivity index (χ0n) is 10.5. The molecule has 1 fully saturated rings. The number of hydrogen-bond acceptors (Lipinski definition) is 3. The summed E-state index contributed by atoms with van der Waals surface area (Å²) in [6.07, 6.45) is 2.45. The van der Waals surface area contributed by atoms with Crippen molar-refractivity contribution in [1.29, 1.82) is 0 Å². The molecular weight excluding hydrogens is 213 g/mol. The van der Waals surface area contributed by atoms with Crippen molar-refractivity contribution >= 4 is 12.6 Å². The molecule has 0 radical (unpaired) electrons. The molecule has 0 saturated carbocycles. The third-order valence-electron chi connectivity index (χ3n) is 3.82. The molecule has 1 saturated heterocycles. The van der Waals surface area contributed by atoms with E-state index in [-0.39, 0.29) is 0 Å². The molecule has 0 bridgehead atoms. The predicted octanol–water partition coefficient (Wildman–Crippen LogP) is 0.739. The van der Waals surface area contributed by atoms with Crippen LogP contribution in [-0.2, 0) is 6.54 Å². The molecule has 2 N–H and O–H groups in total. The molecule has 0 aliphatic carbocycles. The van der Waals surface area contributed by atoms with Gasteiger partial charge in [0.1, 0.15) is 0 Å². The number of likely N-dealkylation sites (tertiary alicyclic amines) is 1. The SMILES string of the molecule is C[C@@H]1CC[C@@H](C)N1Cc1ccccc1B(O)O. The van der Waals surface area contributed by atoms with Gasteiger partial charge in [-0.25, -0.2) is 0 Å². The van der Waals surface area contributed by atoms with Gasteiger partial charge in [-0.15, -0.1) is 0 Å². The first kappa shape index (κ1) is 12.6. The van der Waals surface area contributed by atoms with E-state index in [4.69, 9.17) is 0 Å². The van der Waals surface area contributed by atoms with E-state index in [1.807, 2.05) is 18.2 Å². The topological polar surface area (TPSA) is 43.7 Å². The van der Waals surface area contributed by atoms with E-state index in [0.29, 0.717) is 17.5 Å². The molecule has 0 aromatic heterocycles. The molecule has 0 spiro atoms. The zero-order valence-corrected chi connectivity index (χ0v) is 10.5. The predicted molar refractivity (Wildman–Crippen MR) is 70.0 cm³/mol. The summed E-state index contributed by atoms with van der Waals surface area (Å²) >= 11 is 0. The van der Waals surface area contributed by atoms with Crippen LogP contribution in [0.1, 0.15) is 32.3 Å². The van der Waals surface area contributed by atoms with Crippen LogP contribution in [-0.4, -0.2) is 34.2 Å². The maximum atomic E-state index is 9.35. The Hall–Kier alpha value is -0.835. The van der Waals surface area contributed by atoms with Crippen LogP contribution in [0.15, 0.2) is 24.3 Å². The van der Waals surface area contributed by atoms with Crippen molar-refractivity contribution in [1.82, 2.24) is 4.90 Å². The molecule has 0 amide bonds. The maximum absolute atomic E-state index is 9.35. The molecule has 1 aromatic rings. The van der Waals surface area contributed by atoms with Crippen LogP contribution in [0.25, 0.3) is 0 Å². The van der Waals surface area contributed by atoms with Crippen LogP contribution in [0.5, 0.6) is 0 Å². The van der Waals surface area contributed by atoms with E-state index in [0.717, 1.165) is 12.1 Å². The molecule has 1 heterocycles. The third kappa shape index (κ3) is 2.71. The molecule has 2 rings (SSSR count). The molecule has 1 aromatic carbocycles. The minimum atomic E-state index is -1.38. The van der Waals surface area contributed by atoms with Crippen LogP contribution < -0.4 is 5.46 Å². The van der Waals surface area contributed by atoms with Gasteiger partial charge in [-0.3, -0.25) is 4.90 Å². The fourth-order valence-corrected chi connectivity index (χ4v) is 2.69. The second-order valence-electron chi connectivity index (χ2n) is 5.02. The summed E-state index contributed by atoms with van der Waals surface area (Å²) in [5.41, 5.74) is 1.64. The van der Waals surface area contributed by atoms with Crippen LogP contribution in [0, 0.1) is 0 Å². The molecule has 4 heteroatoms. The Labute approximate surface area is 103 Å². The summed E-state index contributed by atoms with van der Waals surface area (Å²) in [6.45, 7) is 5.28. The van der Waals surface area contributed by atoms with Gasteiger partial charge in [0.2, 0.25) is 0 Å². The lowest BCUT2D eigenvalue weighted by atomic mass is 9.77. The molecule has 1 aliphatic rings. The van der Waals surface area contributed by atoms with E-state index in [1.165, 1.54) is 12.8 Å². The van der Waals surface area contributed by atoms with Crippen molar-refractivity contribution < 1.29 is 10.0 Å². The van der Waals surface area contributed by atoms with Gasteiger partial charge in [-0.05, 0) is 37.7 Å². The summed E-state index contributed by atoms with van der Waals surface area (Å²) in [5.74, 6) is 0. The van der Waals surface area contributed by atoms with Gasteiger partial charge in [0, 0.05) is 18.6 Å². The first-order valence-electron chi connectivity index (χ1n) is 6.29. The first-order chi connectivity index (χ1) is 8.09. The van der Waals surface area contributed by atoms with Crippen LogP contribution >= 0.6 is 0 Å². The van der Waals surface area contributed by atoms with E-state index >= 15 is 0 Å². The van der Waals surface area contributed by atoms with Gasteiger partial charge in [0.15, 0.2) is 0 Å². The number of benzene rings is 1. The summed E-state index contributed by atoms with van der Waals surface area (Å²) in [7, 11) is -1.38. The second-order valence-corrected chi connectivity index (χ2v) is 5.02. The fraction of sp³-hybridized carbons (Fsp3) is 0.538. The van der Waals surface area contributed by atoms with Gasteiger partial charge < -0.3 is 10.0 Å². The molecule has 17 heavy (non-hydrogen) atoms. The van der Waals surface area contributed by atoms with E-state index in [1.54, 1.807) is 6.07 Å². The molecule has 2 atom stereocenters.